The van der Waals surface area contributed by atoms with Crippen LogP contribution < -0.4 is 0 Å². The van der Waals surface area contributed by atoms with Gasteiger partial charge in [-0.15, -0.1) is 11.3 Å². The molecule has 2 N–H and O–H groups in total. The van der Waals surface area contributed by atoms with E-state index in [-0.39, 0.29) is 5.41 Å². The summed E-state index contributed by atoms with van der Waals surface area (Å²) in [5, 5.41) is 6.99. The van der Waals surface area contributed by atoms with Gasteiger partial charge in [-0.1, -0.05) is 34.6 Å². The van der Waals surface area contributed by atoms with E-state index in [0.717, 1.165) is 21.4 Å². The Labute approximate surface area is 116 Å². The van der Waals surface area contributed by atoms with Crippen LogP contribution in [0.4, 0.5) is 0 Å². The molecule has 0 radical (unpaired) electrons. The van der Waals surface area contributed by atoms with Gasteiger partial charge in [0.1, 0.15) is 0 Å². The van der Waals surface area contributed by atoms with Crippen molar-refractivity contribution in [2.24, 2.45) is 0 Å². The van der Waals surface area contributed by atoms with Gasteiger partial charge in [0.25, 0.3) is 0 Å². The monoisotopic (exact) mass is 282 g/mol. The zero-order valence-electron chi connectivity index (χ0n) is 11.3. The Morgan fingerprint density at radius 1 is 1.17 bits per heavy atom. The van der Waals surface area contributed by atoms with E-state index < -0.39 is 0 Å². The molecule has 0 aromatic carbocycles. The Morgan fingerprint density at radius 2 is 1.83 bits per heavy atom. The van der Waals surface area contributed by atoms with Crippen LogP contribution in [-0.4, -0.2) is 20.2 Å². The lowest BCUT2D eigenvalue weighted by molar-refractivity contribution is 0.570. The van der Waals surface area contributed by atoms with Crippen molar-refractivity contribution in [3.05, 3.63) is 15.5 Å². The largest absolute Gasteiger partial charge is 0.281 e. The third kappa shape index (κ3) is 2.54. The van der Waals surface area contributed by atoms with Crippen molar-refractivity contribution in [2.45, 2.75) is 46.0 Å². The predicted molar refractivity (Wildman–Crippen MR) is 77.7 cm³/mol. The minimum Gasteiger partial charge on any atom is -0.281 e. The van der Waals surface area contributed by atoms with E-state index in [1.807, 2.05) is 0 Å². The van der Waals surface area contributed by atoms with Crippen LogP contribution in [0.25, 0.3) is 10.7 Å². The molecule has 0 aliphatic carbocycles. The molecule has 0 spiro atoms. The van der Waals surface area contributed by atoms with Crippen LogP contribution in [0.2, 0.25) is 0 Å². The molecule has 0 unspecified atom stereocenters. The standard InChI is InChI=1S/C12H18N4S2/c1-6(2)10-13-8(12(3,4)5)7(18-10)9-14-11(17)16-15-9/h6H,1-5H3,(H2,14,15,16,17). The van der Waals surface area contributed by atoms with E-state index in [4.69, 9.17) is 17.2 Å². The molecule has 0 saturated carbocycles. The smallest absolute Gasteiger partial charge is 0.213 e. The molecule has 0 aliphatic heterocycles. The second-order valence-electron chi connectivity index (χ2n) is 5.65. The van der Waals surface area contributed by atoms with Gasteiger partial charge in [-0.3, -0.25) is 10.2 Å². The molecule has 98 valence electrons. The Balaban J connectivity index is 2.61. The topological polar surface area (TPSA) is 57.4 Å². The first-order valence-corrected chi connectivity index (χ1v) is 7.17. The average Bonchev–Trinajstić information content (AvgIpc) is 2.81. The molecule has 0 atom stereocenters. The number of hydrogen-bond acceptors (Lipinski definition) is 4. The number of nitrogens with zero attached hydrogens (tertiary/aromatic N) is 2. The fourth-order valence-corrected chi connectivity index (χ4v) is 3.00. The maximum Gasteiger partial charge on any atom is 0.213 e. The van der Waals surface area contributed by atoms with Gasteiger partial charge in [-0.2, -0.15) is 4.98 Å². The van der Waals surface area contributed by atoms with Crippen molar-refractivity contribution in [3.8, 4) is 10.7 Å². The zero-order chi connectivity index (χ0) is 13.5. The van der Waals surface area contributed by atoms with Crippen molar-refractivity contribution in [1.82, 2.24) is 20.2 Å². The van der Waals surface area contributed by atoms with Gasteiger partial charge >= 0.3 is 0 Å². The normalized spacial score (nSPS) is 12.3. The highest BCUT2D eigenvalue weighted by atomic mass is 32.1. The van der Waals surface area contributed by atoms with Gasteiger partial charge in [0.15, 0.2) is 5.82 Å². The molecule has 0 bridgehead atoms. The minimum absolute atomic E-state index is 0.00657. The summed E-state index contributed by atoms with van der Waals surface area (Å²) in [6, 6.07) is 0. The van der Waals surface area contributed by atoms with Crippen molar-refractivity contribution in [3.63, 3.8) is 0 Å². The number of hydrogen-bond donors (Lipinski definition) is 2. The van der Waals surface area contributed by atoms with Crippen LogP contribution in [0.3, 0.4) is 0 Å². The summed E-state index contributed by atoms with van der Waals surface area (Å²) in [7, 11) is 0. The Hall–Kier alpha value is -1.01. The Kier molecular flexibility index (Phi) is 3.42. The third-order valence-electron chi connectivity index (χ3n) is 2.56. The molecule has 2 heterocycles. The highest BCUT2D eigenvalue weighted by Crippen LogP contribution is 2.37. The van der Waals surface area contributed by atoms with E-state index in [0.29, 0.717) is 10.7 Å². The van der Waals surface area contributed by atoms with Crippen molar-refractivity contribution >= 4 is 23.6 Å². The fourth-order valence-electron chi connectivity index (χ4n) is 1.63. The molecule has 18 heavy (non-hydrogen) atoms. The summed E-state index contributed by atoms with van der Waals surface area (Å²) in [5.41, 5.74) is 1.07. The second kappa shape index (κ2) is 4.59. The number of aromatic amines is 2. The van der Waals surface area contributed by atoms with Crippen LogP contribution in [0.1, 0.15) is 51.2 Å². The Morgan fingerprint density at radius 3 is 2.28 bits per heavy atom. The Bertz CT molecular complexity index is 598. The first-order valence-electron chi connectivity index (χ1n) is 5.95. The highest BCUT2D eigenvalue weighted by Gasteiger charge is 2.26. The molecule has 0 saturated heterocycles. The SMILES string of the molecule is CC(C)c1nc(C(C)(C)C)c(-c2nc(=S)[nH][nH]2)s1. The van der Waals surface area contributed by atoms with Gasteiger partial charge in [0.05, 0.1) is 15.6 Å². The van der Waals surface area contributed by atoms with Gasteiger partial charge in [0, 0.05) is 11.3 Å². The zero-order valence-corrected chi connectivity index (χ0v) is 12.9. The number of thiazole rings is 1. The van der Waals surface area contributed by atoms with E-state index in [9.17, 15) is 0 Å². The average molecular weight is 282 g/mol. The van der Waals surface area contributed by atoms with E-state index in [2.05, 4.69) is 49.8 Å². The van der Waals surface area contributed by atoms with E-state index in [1.54, 1.807) is 11.3 Å². The van der Waals surface area contributed by atoms with Crippen molar-refractivity contribution < 1.29 is 0 Å². The summed E-state index contributed by atoms with van der Waals surface area (Å²) in [6.07, 6.45) is 0. The molecule has 0 fully saturated rings. The second-order valence-corrected chi connectivity index (χ2v) is 7.07. The van der Waals surface area contributed by atoms with Crippen LogP contribution in [0, 0.1) is 4.77 Å². The van der Waals surface area contributed by atoms with Gasteiger partial charge in [0.2, 0.25) is 4.77 Å². The van der Waals surface area contributed by atoms with E-state index in [1.165, 1.54) is 0 Å². The lowest BCUT2D eigenvalue weighted by Gasteiger charge is -2.16. The summed E-state index contributed by atoms with van der Waals surface area (Å²) in [5.74, 6) is 1.21. The molecule has 2 aromatic heterocycles. The first-order chi connectivity index (χ1) is 8.29. The van der Waals surface area contributed by atoms with Gasteiger partial charge < -0.3 is 0 Å². The van der Waals surface area contributed by atoms with Crippen LogP contribution in [-0.2, 0) is 5.41 Å². The molecule has 2 rings (SSSR count). The lowest BCUT2D eigenvalue weighted by atomic mass is 9.91. The van der Waals surface area contributed by atoms with Gasteiger partial charge in [-0.05, 0) is 12.2 Å². The number of aromatic nitrogens is 4. The summed E-state index contributed by atoms with van der Waals surface area (Å²) in [6.45, 7) is 10.8. The maximum atomic E-state index is 5.01. The number of nitrogens with one attached hydrogen (secondary N) is 2. The van der Waals surface area contributed by atoms with Crippen molar-refractivity contribution in [1.29, 1.82) is 0 Å². The van der Waals surface area contributed by atoms with Crippen LogP contribution in [0.15, 0.2) is 0 Å². The fraction of sp³-hybridized carbons (Fsp3) is 0.583. The summed E-state index contributed by atoms with van der Waals surface area (Å²) in [4.78, 5) is 10.2. The number of rotatable bonds is 2. The van der Waals surface area contributed by atoms with Crippen molar-refractivity contribution in [2.75, 3.05) is 0 Å². The first kappa shape index (κ1) is 13.4. The summed E-state index contributed by atoms with van der Waals surface area (Å²) >= 11 is 6.70. The molecule has 0 aliphatic rings. The van der Waals surface area contributed by atoms with Crippen LogP contribution >= 0.6 is 23.6 Å². The maximum absolute atomic E-state index is 5.01. The lowest BCUT2D eigenvalue weighted by Crippen LogP contribution is -2.13. The van der Waals surface area contributed by atoms with E-state index >= 15 is 0 Å². The molecule has 6 heteroatoms. The number of H-pyrrole nitrogens is 2. The molecule has 2 aromatic rings. The highest BCUT2D eigenvalue weighted by molar-refractivity contribution is 7.71. The minimum atomic E-state index is -0.00657. The quantitative estimate of drug-likeness (QED) is 0.818. The predicted octanol–water partition coefficient (Wildman–Crippen LogP) is 4.01. The van der Waals surface area contributed by atoms with Crippen LogP contribution in [0.5, 0.6) is 0 Å². The molecule has 4 nitrogen and oxygen atoms in total. The third-order valence-corrected chi connectivity index (χ3v) is 4.12. The molecular formula is C12H18N4S2. The molecular weight excluding hydrogens is 264 g/mol. The molecule has 0 amide bonds. The van der Waals surface area contributed by atoms with Gasteiger partial charge in [-0.25, -0.2) is 4.98 Å². The summed E-state index contributed by atoms with van der Waals surface area (Å²) < 4.78 is 0.476.